The van der Waals surface area contributed by atoms with E-state index in [9.17, 15) is 4.79 Å². The third kappa shape index (κ3) is 9.67. The molecule has 21 heavy (non-hydrogen) atoms. The van der Waals surface area contributed by atoms with Gasteiger partial charge in [-0.25, -0.2) is 4.79 Å². The summed E-state index contributed by atoms with van der Waals surface area (Å²) in [4.78, 5) is 13.9. The number of rotatable bonds is 12. The van der Waals surface area contributed by atoms with E-state index in [-0.39, 0.29) is 5.97 Å². The number of unbranched alkanes of at least 4 members (excludes halogenated alkanes) is 2. The molecule has 1 unspecified atom stereocenters. The molecule has 0 aliphatic heterocycles. The minimum Gasteiger partial charge on any atom is -0.462 e. The number of carbonyl (C=O) groups is 1. The number of hydrogen-bond acceptors (Lipinski definition) is 3. The van der Waals surface area contributed by atoms with Gasteiger partial charge >= 0.3 is 5.97 Å². The molecule has 0 spiro atoms. The quantitative estimate of drug-likeness (QED) is 0.306. The lowest BCUT2D eigenvalue weighted by Gasteiger charge is -2.21. The van der Waals surface area contributed by atoms with Crippen LogP contribution in [0, 0.1) is 11.8 Å². The molecule has 0 N–H and O–H groups in total. The van der Waals surface area contributed by atoms with E-state index in [2.05, 4.69) is 39.2 Å². The normalized spacial score (nSPS) is 12.7. The summed E-state index contributed by atoms with van der Waals surface area (Å²) in [5, 5.41) is 0. The van der Waals surface area contributed by atoms with Gasteiger partial charge in [0.25, 0.3) is 0 Å². The molecule has 0 aliphatic rings. The molecular formula is C18H35NO2. The molecule has 0 saturated carbocycles. The maximum Gasteiger partial charge on any atom is 0.333 e. The lowest BCUT2D eigenvalue weighted by molar-refractivity contribution is -0.140. The zero-order chi connectivity index (χ0) is 16.3. The molecule has 0 fully saturated rings. The average Bonchev–Trinajstić information content (AvgIpc) is 2.45. The summed E-state index contributed by atoms with van der Waals surface area (Å²) in [6.07, 6.45) is 4.88. The van der Waals surface area contributed by atoms with E-state index in [1.54, 1.807) is 6.92 Å². The summed E-state index contributed by atoms with van der Waals surface area (Å²) in [6, 6.07) is 0. The average molecular weight is 297 g/mol. The first-order valence-electron chi connectivity index (χ1n) is 8.47. The van der Waals surface area contributed by atoms with E-state index in [4.69, 9.17) is 4.74 Å². The van der Waals surface area contributed by atoms with Crippen molar-refractivity contribution in [2.45, 2.75) is 60.3 Å². The Morgan fingerprint density at radius 2 is 1.76 bits per heavy atom. The Kier molecular flexibility index (Phi) is 11.3. The number of esters is 1. The number of carbonyl (C=O) groups excluding carboxylic acids is 1. The maximum atomic E-state index is 11.5. The number of nitrogens with zero attached hydrogens (tertiary/aromatic N) is 1. The molecule has 3 nitrogen and oxygen atoms in total. The molecule has 0 aliphatic carbocycles. The molecule has 0 amide bonds. The monoisotopic (exact) mass is 297 g/mol. The molecule has 3 heteroatoms. The van der Waals surface area contributed by atoms with E-state index < -0.39 is 0 Å². The van der Waals surface area contributed by atoms with Crippen molar-refractivity contribution in [2.75, 3.05) is 26.2 Å². The Morgan fingerprint density at radius 3 is 2.24 bits per heavy atom. The highest BCUT2D eigenvalue weighted by Crippen LogP contribution is 2.19. The van der Waals surface area contributed by atoms with Gasteiger partial charge < -0.3 is 9.64 Å². The molecule has 0 bridgehead atoms. The van der Waals surface area contributed by atoms with Gasteiger partial charge in [-0.05, 0) is 51.2 Å². The van der Waals surface area contributed by atoms with Gasteiger partial charge in [0.05, 0.1) is 6.61 Å². The van der Waals surface area contributed by atoms with Gasteiger partial charge in [0.15, 0.2) is 0 Å². The summed E-state index contributed by atoms with van der Waals surface area (Å²) in [5.74, 6) is 0.745. The predicted octanol–water partition coefficient (Wildman–Crippen LogP) is 4.28. The van der Waals surface area contributed by atoms with Gasteiger partial charge in [-0.3, -0.25) is 0 Å². The second-order valence-electron chi connectivity index (χ2n) is 6.26. The highest BCUT2D eigenvalue weighted by molar-refractivity contribution is 5.86. The Morgan fingerprint density at radius 1 is 1.14 bits per heavy atom. The van der Waals surface area contributed by atoms with E-state index in [0.717, 1.165) is 19.5 Å². The van der Waals surface area contributed by atoms with E-state index >= 15 is 0 Å². The van der Waals surface area contributed by atoms with Crippen molar-refractivity contribution in [1.82, 2.24) is 4.90 Å². The first-order valence-corrected chi connectivity index (χ1v) is 8.47. The van der Waals surface area contributed by atoms with Crippen LogP contribution in [0.3, 0.4) is 0 Å². The lowest BCUT2D eigenvalue weighted by atomic mass is 9.91. The first kappa shape index (κ1) is 20.2. The standard InChI is InChI=1S/C18H35NO2/c1-7-19(8-2)13-11-9-10-12-17(15(3)4)14-21-18(20)16(5)6/h15,17H,5,7-14H2,1-4,6H3. The molecule has 1 atom stereocenters. The molecule has 0 radical (unpaired) electrons. The van der Waals surface area contributed by atoms with Crippen molar-refractivity contribution in [3.05, 3.63) is 12.2 Å². The molecule has 0 aromatic heterocycles. The Hall–Kier alpha value is -0.830. The second kappa shape index (κ2) is 11.8. The summed E-state index contributed by atoms with van der Waals surface area (Å²) >= 11 is 0. The minimum absolute atomic E-state index is 0.262. The van der Waals surface area contributed by atoms with Crippen LogP contribution in [0.4, 0.5) is 0 Å². The van der Waals surface area contributed by atoms with Crippen LogP contribution in [0.1, 0.15) is 60.3 Å². The van der Waals surface area contributed by atoms with Gasteiger partial charge in [0, 0.05) is 5.57 Å². The van der Waals surface area contributed by atoms with Crippen LogP contribution in [0.2, 0.25) is 0 Å². The van der Waals surface area contributed by atoms with Gasteiger partial charge in [-0.2, -0.15) is 0 Å². The summed E-state index contributed by atoms with van der Waals surface area (Å²) < 4.78 is 5.31. The van der Waals surface area contributed by atoms with Gasteiger partial charge in [-0.15, -0.1) is 0 Å². The molecule has 124 valence electrons. The van der Waals surface area contributed by atoms with Gasteiger partial charge in [-0.1, -0.05) is 47.1 Å². The van der Waals surface area contributed by atoms with Crippen molar-refractivity contribution in [3.8, 4) is 0 Å². The Bertz CT molecular complexity index is 296. The van der Waals surface area contributed by atoms with Crippen LogP contribution in [-0.2, 0) is 9.53 Å². The highest BCUT2D eigenvalue weighted by Gasteiger charge is 2.16. The van der Waals surface area contributed by atoms with Gasteiger partial charge in [0.2, 0.25) is 0 Å². The Labute approximate surface area is 131 Å². The van der Waals surface area contributed by atoms with Crippen molar-refractivity contribution in [3.63, 3.8) is 0 Å². The second-order valence-corrected chi connectivity index (χ2v) is 6.26. The first-order chi connectivity index (χ1) is 9.92. The summed E-state index contributed by atoms with van der Waals surface area (Å²) in [7, 11) is 0. The van der Waals surface area contributed by atoms with Crippen molar-refractivity contribution < 1.29 is 9.53 Å². The summed E-state index contributed by atoms with van der Waals surface area (Å²) in [5.41, 5.74) is 0.483. The molecule has 0 saturated heterocycles. The fraction of sp³-hybridized carbons (Fsp3) is 0.833. The number of ether oxygens (including phenoxy) is 1. The zero-order valence-corrected chi connectivity index (χ0v) is 14.8. The SMILES string of the molecule is C=C(C)C(=O)OCC(CCCCCN(CC)CC)C(C)C. The number of hydrogen-bond donors (Lipinski definition) is 0. The molecule has 0 heterocycles. The Balaban J connectivity index is 3.90. The van der Waals surface area contributed by atoms with Crippen LogP contribution in [-0.4, -0.2) is 37.1 Å². The van der Waals surface area contributed by atoms with Crippen molar-refractivity contribution in [1.29, 1.82) is 0 Å². The van der Waals surface area contributed by atoms with Gasteiger partial charge in [0.1, 0.15) is 0 Å². The molecule has 0 rings (SSSR count). The zero-order valence-electron chi connectivity index (χ0n) is 14.8. The molecular weight excluding hydrogens is 262 g/mol. The van der Waals surface area contributed by atoms with E-state index in [1.165, 1.54) is 25.8 Å². The van der Waals surface area contributed by atoms with Crippen LogP contribution in [0.5, 0.6) is 0 Å². The van der Waals surface area contributed by atoms with E-state index in [1.807, 2.05) is 0 Å². The van der Waals surface area contributed by atoms with Crippen LogP contribution in [0.25, 0.3) is 0 Å². The maximum absolute atomic E-state index is 11.5. The minimum atomic E-state index is -0.262. The molecule has 0 aromatic carbocycles. The topological polar surface area (TPSA) is 29.5 Å². The van der Waals surface area contributed by atoms with Crippen LogP contribution in [0.15, 0.2) is 12.2 Å². The third-order valence-electron chi connectivity index (χ3n) is 4.16. The van der Waals surface area contributed by atoms with Crippen molar-refractivity contribution >= 4 is 5.97 Å². The third-order valence-corrected chi connectivity index (χ3v) is 4.16. The van der Waals surface area contributed by atoms with Crippen molar-refractivity contribution in [2.24, 2.45) is 11.8 Å². The summed E-state index contributed by atoms with van der Waals surface area (Å²) in [6.45, 7) is 18.2. The highest BCUT2D eigenvalue weighted by atomic mass is 16.5. The van der Waals surface area contributed by atoms with Crippen LogP contribution < -0.4 is 0 Å². The molecule has 0 aromatic rings. The fourth-order valence-electron chi connectivity index (χ4n) is 2.37. The van der Waals surface area contributed by atoms with E-state index in [0.29, 0.717) is 24.0 Å². The lowest BCUT2D eigenvalue weighted by Crippen LogP contribution is -2.24. The van der Waals surface area contributed by atoms with Crippen LogP contribution >= 0.6 is 0 Å². The smallest absolute Gasteiger partial charge is 0.333 e. The fourth-order valence-corrected chi connectivity index (χ4v) is 2.37. The predicted molar refractivity (Wildman–Crippen MR) is 90.4 cm³/mol. The largest absolute Gasteiger partial charge is 0.462 e.